The summed E-state index contributed by atoms with van der Waals surface area (Å²) in [5, 5.41) is 0. The van der Waals surface area contributed by atoms with Crippen LogP contribution < -0.4 is 9.62 Å². The Kier molecular flexibility index (Phi) is 4.55. The Hall–Kier alpha value is -1.51. The molecule has 0 saturated heterocycles. The van der Waals surface area contributed by atoms with Crippen molar-refractivity contribution in [3.05, 3.63) is 29.8 Å². The fraction of sp³-hybridized carbons (Fsp3) is 0.333. The molecule has 17 heavy (non-hydrogen) atoms. The summed E-state index contributed by atoms with van der Waals surface area (Å²) in [6, 6.07) is 7.72. The summed E-state index contributed by atoms with van der Waals surface area (Å²) in [5.74, 6) is 5.74. The molecule has 1 rings (SSSR count). The molecule has 4 nitrogen and oxygen atoms in total. The molecule has 0 heterocycles. The second-order valence-electron chi connectivity index (χ2n) is 3.81. The molecule has 0 aliphatic carbocycles. The molecule has 0 atom stereocenters. The number of hydrogen-bond donors (Lipinski definition) is 1. The largest absolute Gasteiger partial charge is 0.377 e. The van der Waals surface area contributed by atoms with Crippen LogP contribution in [-0.2, 0) is 10.0 Å². The molecule has 1 aromatic rings. The van der Waals surface area contributed by atoms with Gasteiger partial charge in [0, 0.05) is 19.7 Å². The van der Waals surface area contributed by atoms with Crippen LogP contribution in [0.15, 0.2) is 24.3 Å². The molecule has 0 aliphatic rings. The summed E-state index contributed by atoms with van der Waals surface area (Å²) in [6.07, 6.45) is 1.11. The zero-order chi connectivity index (χ0) is 12.9. The number of para-hydroxylation sites is 1. The van der Waals surface area contributed by atoms with Crippen molar-refractivity contribution in [3.63, 3.8) is 0 Å². The molecule has 0 fully saturated rings. The standard InChI is InChI=1S/C12H16N2O2S/c1-14(2)12-9-5-4-7-11(12)8-6-10-13-17(3,15)16/h4-5,7,9,13H,10H2,1-3H3. The predicted octanol–water partition coefficient (Wildman–Crippen LogP) is 0.653. The van der Waals surface area contributed by atoms with Gasteiger partial charge in [-0.15, -0.1) is 0 Å². The summed E-state index contributed by atoms with van der Waals surface area (Å²) >= 11 is 0. The van der Waals surface area contributed by atoms with E-state index in [1.165, 1.54) is 0 Å². The molecule has 0 aliphatic heterocycles. The number of rotatable bonds is 3. The lowest BCUT2D eigenvalue weighted by Gasteiger charge is -2.13. The average Bonchev–Trinajstić information content (AvgIpc) is 2.23. The van der Waals surface area contributed by atoms with E-state index in [4.69, 9.17) is 0 Å². The van der Waals surface area contributed by atoms with Gasteiger partial charge in [0.2, 0.25) is 10.0 Å². The molecule has 0 spiro atoms. The van der Waals surface area contributed by atoms with Crippen molar-refractivity contribution in [2.24, 2.45) is 0 Å². The number of hydrogen-bond acceptors (Lipinski definition) is 3. The van der Waals surface area contributed by atoms with Crippen molar-refractivity contribution in [1.82, 2.24) is 4.72 Å². The first-order chi connectivity index (χ1) is 7.90. The van der Waals surface area contributed by atoms with E-state index in [9.17, 15) is 8.42 Å². The third-order valence-corrected chi connectivity index (χ3v) is 2.70. The smallest absolute Gasteiger partial charge is 0.209 e. The summed E-state index contributed by atoms with van der Waals surface area (Å²) in [4.78, 5) is 1.97. The molecule has 0 saturated carbocycles. The average molecular weight is 252 g/mol. The molecule has 0 unspecified atom stereocenters. The highest BCUT2D eigenvalue weighted by molar-refractivity contribution is 7.88. The van der Waals surface area contributed by atoms with Crippen LogP contribution >= 0.6 is 0 Å². The van der Waals surface area contributed by atoms with E-state index in [2.05, 4.69) is 16.6 Å². The quantitative estimate of drug-likeness (QED) is 0.804. The van der Waals surface area contributed by atoms with E-state index in [0.717, 1.165) is 17.5 Å². The maximum Gasteiger partial charge on any atom is 0.209 e. The first-order valence-corrected chi connectivity index (χ1v) is 6.99. The number of nitrogens with one attached hydrogen (secondary N) is 1. The third-order valence-electron chi connectivity index (χ3n) is 2.03. The molecule has 0 aromatic heterocycles. The first kappa shape index (κ1) is 13.6. The summed E-state index contributed by atoms with van der Waals surface area (Å²) in [5.41, 5.74) is 1.90. The molecule has 0 bridgehead atoms. The highest BCUT2D eigenvalue weighted by Crippen LogP contribution is 2.16. The van der Waals surface area contributed by atoms with E-state index in [1.54, 1.807) is 0 Å². The Morgan fingerprint density at radius 3 is 2.53 bits per heavy atom. The van der Waals surface area contributed by atoms with Gasteiger partial charge in [0.25, 0.3) is 0 Å². The zero-order valence-electron chi connectivity index (χ0n) is 10.2. The van der Waals surface area contributed by atoms with Crippen LogP contribution in [0.4, 0.5) is 5.69 Å². The van der Waals surface area contributed by atoms with Crippen LogP contribution in [0.3, 0.4) is 0 Å². The van der Waals surface area contributed by atoms with E-state index < -0.39 is 10.0 Å². The van der Waals surface area contributed by atoms with E-state index in [0.29, 0.717) is 0 Å². The minimum Gasteiger partial charge on any atom is -0.377 e. The fourth-order valence-electron chi connectivity index (χ4n) is 1.28. The van der Waals surface area contributed by atoms with Gasteiger partial charge in [-0.05, 0) is 12.1 Å². The summed E-state index contributed by atoms with van der Waals surface area (Å²) < 4.78 is 24.0. The van der Waals surface area contributed by atoms with Crippen molar-refractivity contribution < 1.29 is 8.42 Å². The van der Waals surface area contributed by atoms with Crippen LogP contribution in [0.25, 0.3) is 0 Å². The Morgan fingerprint density at radius 2 is 1.94 bits per heavy atom. The van der Waals surface area contributed by atoms with Gasteiger partial charge in [-0.25, -0.2) is 13.1 Å². The topological polar surface area (TPSA) is 49.4 Å². The molecule has 1 N–H and O–H groups in total. The zero-order valence-corrected chi connectivity index (χ0v) is 11.0. The molecule has 0 radical (unpaired) electrons. The normalized spacial score (nSPS) is 10.5. The lowest BCUT2D eigenvalue weighted by molar-refractivity contribution is 0.592. The summed E-state index contributed by atoms with van der Waals surface area (Å²) in [7, 11) is 0.712. The second-order valence-corrected chi connectivity index (χ2v) is 5.64. The van der Waals surface area contributed by atoms with Crippen molar-refractivity contribution in [1.29, 1.82) is 0 Å². The van der Waals surface area contributed by atoms with Crippen LogP contribution in [0.5, 0.6) is 0 Å². The molecule has 1 aromatic carbocycles. The Bertz CT molecular complexity index is 539. The van der Waals surface area contributed by atoms with E-state index in [1.807, 2.05) is 43.3 Å². The molecule has 92 valence electrons. The van der Waals surface area contributed by atoms with Gasteiger partial charge in [-0.2, -0.15) is 0 Å². The lowest BCUT2D eigenvalue weighted by Crippen LogP contribution is -2.21. The maximum atomic E-state index is 10.8. The van der Waals surface area contributed by atoms with Gasteiger partial charge < -0.3 is 4.90 Å². The predicted molar refractivity (Wildman–Crippen MR) is 70.5 cm³/mol. The minimum absolute atomic E-state index is 0.126. The second kappa shape index (κ2) is 5.71. The van der Waals surface area contributed by atoms with E-state index in [-0.39, 0.29) is 6.54 Å². The number of sulfonamides is 1. The Labute approximate surface area is 103 Å². The van der Waals surface area contributed by atoms with Crippen molar-refractivity contribution in [2.45, 2.75) is 0 Å². The number of anilines is 1. The van der Waals surface area contributed by atoms with Crippen molar-refractivity contribution >= 4 is 15.7 Å². The van der Waals surface area contributed by atoms with Gasteiger partial charge in [0.05, 0.1) is 18.5 Å². The molecular weight excluding hydrogens is 236 g/mol. The maximum absolute atomic E-state index is 10.8. The van der Waals surface area contributed by atoms with Gasteiger partial charge in [0.15, 0.2) is 0 Å². The number of benzene rings is 1. The first-order valence-electron chi connectivity index (χ1n) is 5.10. The van der Waals surface area contributed by atoms with Gasteiger partial charge in [-0.3, -0.25) is 0 Å². The number of nitrogens with zero attached hydrogens (tertiary/aromatic N) is 1. The third kappa shape index (κ3) is 4.89. The van der Waals surface area contributed by atoms with Crippen LogP contribution in [0.1, 0.15) is 5.56 Å². The molecular formula is C12H16N2O2S. The SMILES string of the molecule is CN(C)c1ccccc1C#CCNS(C)(=O)=O. The van der Waals surface area contributed by atoms with Gasteiger partial charge in [-0.1, -0.05) is 24.0 Å². The van der Waals surface area contributed by atoms with Crippen molar-refractivity contribution in [3.8, 4) is 11.8 Å². The monoisotopic (exact) mass is 252 g/mol. The van der Waals surface area contributed by atoms with Crippen LogP contribution in [0, 0.1) is 11.8 Å². The fourth-order valence-corrected chi connectivity index (χ4v) is 1.61. The highest BCUT2D eigenvalue weighted by atomic mass is 32.2. The van der Waals surface area contributed by atoms with Crippen LogP contribution in [-0.4, -0.2) is 35.3 Å². The Balaban J connectivity index is 2.79. The minimum atomic E-state index is -3.17. The van der Waals surface area contributed by atoms with E-state index >= 15 is 0 Å². The molecule has 0 amide bonds. The lowest BCUT2D eigenvalue weighted by atomic mass is 10.1. The van der Waals surface area contributed by atoms with Crippen LogP contribution in [0.2, 0.25) is 0 Å². The summed E-state index contributed by atoms with van der Waals surface area (Å²) in [6.45, 7) is 0.126. The van der Waals surface area contributed by atoms with Gasteiger partial charge in [0.1, 0.15) is 0 Å². The molecule has 5 heteroatoms. The van der Waals surface area contributed by atoms with Gasteiger partial charge >= 0.3 is 0 Å². The van der Waals surface area contributed by atoms with Crippen molar-refractivity contribution in [2.75, 3.05) is 31.8 Å². The highest BCUT2D eigenvalue weighted by Gasteiger charge is 2.00. The Morgan fingerprint density at radius 1 is 1.29 bits per heavy atom.